The van der Waals surface area contributed by atoms with Crippen LogP contribution in [0.15, 0.2) is 0 Å². The van der Waals surface area contributed by atoms with Gasteiger partial charge in [0, 0.05) is 26.6 Å². The van der Waals surface area contributed by atoms with E-state index in [9.17, 15) is 13.2 Å². The van der Waals surface area contributed by atoms with Crippen molar-refractivity contribution in [2.75, 3.05) is 26.8 Å². The first-order chi connectivity index (χ1) is 9.88. The second-order valence-corrected chi connectivity index (χ2v) is 6.16. The van der Waals surface area contributed by atoms with Crippen molar-refractivity contribution in [2.45, 2.75) is 38.6 Å². The molecule has 0 spiro atoms. The molecule has 1 atom stereocenters. The average Bonchev–Trinajstić information content (AvgIpc) is 2.42. The van der Waals surface area contributed by atoms with Gasteiger partial charge in [0.15, 0.2) is 0 Å². The molecule has 8 nitrogen and oxygen atoms in total. The van der Waals surface area contributed by atoms with Gasteiger partial charge in [0.25, 0.3) is 10.2 Å². The van der Waals surface area contributed by atoms with E-state index in [4.69, 9.17) is 15.1 Å². The fourth-order valence-corrected chi connectivity index (χ4v) is 2.99. The molecule has 122 valence electrons. The number of methoxy groups -OCH3 is 1. The van der Waals surface area contributed by atoms with Gasteiger partial charge in [-0.25, -0.2) is 0 Å². The highest BCUT2D eigenvalue weighted by Crippen LogP contribution is 2.06. The van der Waals surface area contributed by atoms with Crippen LogP contribution in [0.4, 0.5) is 0 Å². The van der Waals surface area contributed by atoms with E-state index in [1.165, 1.54) is 7.11 Å². The Hall–Kier alpha value is -1.21. The Balaban J connectivity index is 4.90. The van der Waals surface area contributed by atoms with Gasteiger partial charge in [-0.1, -0.05) is 19.8 Å². The lowest BCUT2D eigenvalue weighted by molar-refractivity contribution is -0.139. The number of carboxylic acid groups (broad SMARTS) is 1. The number of nitriles is 1. The third kappa shape index (κ3) is 7.96. The zero-order chi connectivity index (χ0) is 16.3. The van der Waals surface area contributed by atoms with E-state index >= 15 is 0 Å². The molecule has 0 rings (SSSR count). The van der Waals surface area contributed by atoms with Gasteiger partial charge in [-0.3, -0.25) is 4.79 Å². The molecule has 0 aliphatic carbocycles. The van der Waals surface area contributed by atoms with Crippen molar-refractivity contribution in [2.24, 2.45) is 0 Å². The lowest BCUT2D eigenvalue weighted by atomic mass is 10.1. The number of hydrogen-bond donors (Lipinski definition) is 2. The second-order valence-electron chi connectivity index (χ2n) is 4.46. The van der Waals surface area contributed by atoms with Crippen LogP contribution < -0.4 is 4.72 Å². The predicted molar refractivity (Wildman–Crippen MR) is 76.7 cm³/mol. The predicted octanol–water partition coefficient (Wildman–Crippen LogP) is 0.326. The molecule has 0 unspecified atom stereocenters. The molecule has 21 heavy (non-hydrogen) atoms. The summed E-state index contributed by atoms with van der Waals surface area (Å²) in [7, 11) is -2.54. The zero-order valence-electron chi connectivity index (χ0n) is 12.4. The van der Waals surface area contributed by atoms with Gasteiger partial charge in [0.2, 0.25) is 0 Å². The van der Waals surface area contributed by atoms with E-state index in [1.54, 1.807) is 0 Å². The number of hydrogen-bond acceptors (Lipinski definition) is 5. The summed E-state index contributed by atoms with van der Waals surface area (Å²) in [4.78, 5) is 11.1. The summed E-state index contributed by atoms with van der Waals surface area (Å²) in [5, 5.41) is 17.6. The van der Waals surface area contributed by atoms with Crippen molar-refractivity contribution >= 4 is 16.2 Å². The average molecular weight is 321 g/mol. The molecule has 0 aromatic heterocycles. The molecule has 0 saturated heterocycles. The molecule has 0 aromatic carbocycles. The quantitative estimate of drug-likeness (QED) is 0.534. The summed E-state index contributed by atoms with van der Waals surface area (Å²) >= 11 is 0. The Morgan fingerprint density at radius 3 is 2.62 bits per heavy atom. The Morgan fingerprint density at radius 2 is 2.14 bits per heavy atom. The molecule has 0 saturated carbocycles. The maximum absolute atomic E-state index is 12.2. The van der Waals surface area contributed by atoms with Gasteiger partial charge >= 0.3 is 5.97 Å². The van der Waals surface area contributed by atoms with E-state index in [1.807, 2.05) is 13.0 Å². The van der Waals surface area contributed by atoms with Crippen LogP contribution >= 0.6 is 0 Å². The molecule has 2 N–H and O–H groups in total. The first-order valence-corrected chi connectivity index (χ1v) is 8.19. The minimum Gasteiger partial charge on any atom is -0.480 e. The van der Waals surface area contributed by atoms with Crippen LogP contribution in [0.5, 0.6) is 0 Å². The first kappa shape index (κ1) is 19.8. The van der Waals surface area contributed by atoms with E-state index in [0.717, 1.165) is 10.7 Å². The van der Waals surface area contributed by atoms with Crippen LogP contribution in [0.2, 0.25) is 0 Å². The van der Waals surface area contributed by atoms with Gasteiger partial charge in [-0.05, 0) is 6.42 Å². The number of nitrogens with one attached hydrogen (secondary N) is 1. The number of aliphatic carboxylic acids is 1. The molecule has 0 aliphatic heterocycles. The van der Waals surface area contributed by atoms with Crippen molar-refractivity contribution in [1.29, 1.82) is 5.26 Å². The summed E-state index contributed by atoms with van der Waals surface area (Å²) in [5.74, 6) is -1.21. The van der Waals surface area contributed by atoms with E-state index in [0.29, 0.717) is 6.42 Å². The summed E-state index contributed by atoms with van der Waals surface area (Å²) in [6.45, 7) is 2.12. The third-order valence-electron chi connectivity index (χ3n) is 2.79. The molecule has 9 heteroatoms. The van der Waals surface area contributed by atoms with Gasteiger partial charge in [0.1, 0.15) is 6.04 Å². The lowest BCUT2D eigenvalue weighted by Gasteiger charge is -2.23. The Labute approximate surface area is 125 Å². The van der Waals surface area contributed by atoms with Crippen LogP contribution in [0.25, 0.3) is 0 Å². The van der Waals surface area contributed by atoms with Crippen molar-refractivity contribution in [3.63, 3.8) is 0 Å². The van der Waals surface area contributed by atoms with Crippen molar-refractivity contribution < 1.29 is 23.1 Å². The molecule has 0 aromatic rings. The maximum Gasteiger partial charge on any atom is 0.321 e. The summed E-state index contributed by atoms with van der Waals surface area (Å²) in [6.07, 6.45) is 1.63. The van der Waals surface area contributed by atoms with Crippen LogP contribution in [0.3, 0.4) is 0 Å². The monoisotopic (exact) mass is 321 g/mol. The minimum atomic E-state index is -3.97. The van der Waals surface area contributed by atoms with Crippen LogP contribution in [-0.4, -0.2) is 56.6 Å². The Kier molecular flexibility index (Phi) is 9.90. The highest BCUT2D eigenvalue weighted by Gasteiger charge is 2.28. The van der Waals surface area contributed by atoms with Crippen LogP contribution in [-0.2, 0) is 19.7 Å². The Morgan fingerprint density at radius 1 is 1.48 bits per heavy atom. The number of carboxylic acids is 1. The SMILES string of the molecule is CCCC[C@H](NS(=O)(=O)N(CCC#N)CCOC)C(=O)O. The lowest BCUT2D eigenvalue weighted by Crippen LogP contribution is -2.49. The molecular weight excluding hydrogens is 298 g/mol. The number of ether oxygens (including phenoxy) is 1. The van der Waals surface area contributed by atoms with Crippen LogP contribution in [0, 0.1) is 11.3 Å². The molecule has 0 aliphatic rings. The zero-order valence-corrected chi connectivity index (χ0v) is 13.2. The molecule has 0 bridgehead atoms. The van der Waals surface area contributed by atoms with Gasteiger partial charge in [-0.2, -0.15) is 22.7 Å². The topological polar surface area (TPSA) is 120 Å². The minimum absolute atomic E-state index is 0.00465. The molecule has 0 amide bonds. The summed E-state index contributed by atoms with van der Waals surface area (Å²) in [6, 6.07) is 0.701. The van der Waals surface area contributed by atoms with E-state index in [2.05, 4.69) is 4.72 Å². The number of nitrogens with zero attached hydrogens (tertiary/aromatic N) is 2. The summed E-state index contributed by atoms with van der Waals surface area (Å²) in [5.41, 5.74) is 0. The Bertz CT molecular complexity index is 446. The number of rotatable bonds is 12. The fourth-order valence-electron chi connectivity index (χ4n) is 1.62. The molecule has 0 radical (unpaired) electrons. The third-order valence-corrected chi connectivity index (χ3v) is 4.42. The number of unbranched alkanes of at least 4 members (excludes halogenated alkanes) is 1. The molecule has 0 fully saturated rings. The van der Waals surface area contributed by atoms with Crippen molar-refractivity contribution in [1.82, 2.24) is 9.03 Å². The number of carbonyl (C=O) groups is 1. The maximum atomic E-state index is 12.2. The smallest absolute Gasteiger partial charge is 0.321 e. The van der Waals surface area contributed by atoms with Gasteiger partial charge in [-0.15, -0.1) is 0 Å². The van der Waals surface area contributed by atoms with Crippen molar-refractivity contribution in [3.8, 4) is 6.07 Å². The normalized spacial score (nSPS) is 13.0. The van der Waals surface area contributed by atoms with Gasteiger partial charge < -0.3 is 9.84 Å². The van der Waals surface area contributed by atoms with E-state index in [-0.39, 0.29) is 32.5 Å². The summed E-state index contributed by atoms with van der Waals surface area (Å²) < 4.78 is 32.5. The van der Waals surface area contributed by atoms with Crippen LogP contribution in [0.1, 0.15) is 32.6 Å². The van der Waals surface area contributed by atoms with E-state index < -0.39 is 22.2 Å². The van der Waals surface area contributed by atoms with Gasteiger partial charge in [0.05, 0.1) is 12.7 Å². The molecule has 0 heterocycles. The highest BCUT2D eigenvalue weighted by atomic mass is 32.2. The standard InChI is InChI=1S/C12H23N3O5S/c1-3-4-6-11(12(16)17)14-21(18,19)15(8-5-7-13)9-10-20-2/h11,14H,3-6,8-10H2,1-2H3,(H,16,17)/t11-/m0/s1. The highest BCUT2D eigenvalue weighted by molar-refractivity contribution is 7.87. The second kappa shape index (κ2) is 10.5. The largest absolute Gasteiger partial charge is 0.480 e. The first-order valence-electron chi connectivity index (χ1n) is 6.75. The molecular formula is C12H23N3O5S. The fraction of sp³-hybridized carbons (Fsp3) is 0.833. The van der Waals surface area contributed by atoms with Crippen molar-refractivity contribution in [3.05, 3.63) is 0 Å².